The summed E-state index contributed by atoms with van der Waals surface area (Å²) in [5, 5.41) is 0. The Morgan fingerprint density at radius 3 is 2.35 bits per heavy atom. The van der Waals surface area contributed by atoms with Crippen molar-refractivity contribution in [1.29, 1.82) is 0 Å². The van der Waals surface area contributed by atoms with E-state index in [-0.39, 0.29) is 23.1 Å². The zero-order valence-corrected chi connectivity index (χ0v) is 11.1. The van der Waals surface area contributed by atoms with Crippen LogP contribution in [0, 0.1) is 0 Å². The quantitative estimate of drug-likeness (QED) is 0.909. The lowest BCUT2D eigenvalue weighted by molar-refractivity contribution is -0.137. The van der Waals surface area contributed by atoms with Crippen molar-refractivity contribution >= 4 is 5.82 Å². The summed E-state index contributed by atoms with van der Waals surface area (Å²) >= 11 is 0. The summed E-state index contributed by atoms with van der Waals surface area (Å²) in [6.07, 6.45) is -4.46. The Balaban J connectivity index is 2.63. The van der Waals surface area contributed by atoms with Gasteiger partial charge in [0.15, 0.2) is 5.82 Å². The Kier molecular flexibility index (Phi) is 3.65. The van der Waals surface area contributed by atoms with Gasteiger partial charge in [0.05, 0.1) is 5.56 Å². The fourth-order valence-electron chi connectivity index (χ4n) is 1.83. The molecule has 0 bridgehead atoms. The number of nitrogens with zero attached hydrogens (tertiary/aromatic N) is 2. The number of nitrogens with two attached hydrogens (primary N) is 1. The molecule has 6 heteroatoms. The van der Waals surface area contributed by atoms with Crippen molar-refractivity contribution in [3.63, 3.8) is 0 Å². The lowest BCUT2D eigenvalue weighted by Gasteiger charge is -2.13. The van der Waals surface area contributed by atoms with E-state index in [0.29, 0.717) is 5.69 Å². The number of anilines is 1. The molecule has 2 N–H and O–H groups in total. The number of hydrogen-bond acceptors (Lipinski definition) is 3. The molecule has 0 saturated heterocycles. The fraction of sp³-hybridized carbons (Fsp3) is 0.286. The van der Waals surface area contributed by atoms with Crippen LogP contribution in [0.3, 0.4) is 0 Å². The molecule has 0 saturated carbocycles. The Labute approximate surface area is 114 Å². The van der Waals surface area contributed by atoms with Gasteiger partial charge < -0.3 is 5.73 Å². The van der Waals surface area contributed by atoms with E-state index in [9.17, 15) is 13.2 Å². The third-order valence-electron chi connectivity index (χ3n) is 2.83. The molecular weight excluding hydrogens is 267 g/mol. The lowest BCUT2D eigenvalue weighted by Crippen LogP contribution is -2.09. The molecule has 3 nitrogen and oxygen atoms in total. The maximum absolute atomic E-state index is 13.0. The maximum atomic E-state index is 13.0. The summed E-state index contributed by atoms with van der Waals surface area (Å²) in [7, 11) is 0. The Bertz CT molecular complexity index is 621. The summed E-state index contributed by atoms with van der Waals surface area (Å²) in [5.74, 6) is 0.217. The molecule has 1 aromatic heterocycles. The zero-order valence-electron chi connectivity index (χ0n) is 11.1. The summed E-state index contributed by atoms with van der Waals surface area (Å²) in [4.78, 5) is 8.11. The maximum Gasteiger partial charge on any atom is 0.417 e. The zero-order chi connectivity index (χ0) is 14.9. The summed E-state index contributed by atoms with van der Waals surface area (Å²) in [5.41, 5.74) is 5.45. The van der Waals surface area contributed by atoms with Crippen molar-refractivity contribution in [3.8, 4) is 11.4 Å². The van der Waals surface area contributed by atoms with Crippen molar-refractivity contribution in [1.82, 2.24) is 9.97 Å². The molecule has 2 aromatic rings. The number of benzene rings is 1. The minimum Gasteiger partial charge on any atom is -0.384 e. The van der Waals surface area contributed by atoms with E-state index in [2.05, 4.69) is 9.97 Å². The van der Waals surface area contributed by atoms with Crippen molar-refractivity contribution in [2.45, 2.75) is 25.9 Å². The molecule has 0 amide bonds. The van der Waals surface area contributed by atoms with Crippen LogP contribution in [0.2, 0.25) is 0 Å². The first kappa shape index (κ1) is 14.3. The SMILES string of the molecule is CC(C)c1cc(N)nc(-c2ccccc2C(F)(F)F)n1. The second-order valence-corrected chi connectivity index (χ2v) is 4.74. The number of hydrogen-bond donors (Lipinski definition) is 1. The first-order valence-corrected chi connectivity index (χ1v) is 6.10. The average molecular weight is 281 g/mol. The van der Waals surface area contributed by atoms with Gasteiger partial charge in [0.2, 0.25) is 0 Å². The van der Waals surface area contributed by atoms with Gasteiger partial charge in [-0.2, -0.15) is 13.2 Å². The Morgan fingerprint density at radius 2 is 1.75 bits per heavy atom. The van der Waals surface area contributed by atoms with Gasteiger partial charge in [-0.25, -0.2) is 9.97 Å². The molecule has 1 heterocycles. The molecule has 0 fully saturated rings. The molecule has 0 aliphatic carbocycles. The second-order valence-electron chi connectivity index (χ2n) is 4.74. The van der Waals surface area contributed by atoms with Crippen molar-refractivity contribution in [2.24, 2.45) is 0 Å². The molecule has 0 radical (unpaired) electrons. The van der Waals surface area contributed by atoms with Gasteiger partial charge in [0.25, 0.3) is 0 Å². The van der Waals surface area contributed by atoms with Gasteiger partial charge in [0, 0.05) is 17.3 Å². The number of halogens is 3. The first-order chi connectivity index (χ1) is 9.29. The van der Waals surface area contributed by atoms with Crippen LogP contribution >= 0.6 is 0 Å². The van der Waals surface area contributed by atoms with Crippen LogP contribution in [0.25, 0.3) is 11.4 Å². The van der Waals surface area contributed by atoms with Crippen molar-refractivity contribution < 1.29 is 13.2 Å². The molecule has 0 spiro atoms. The van der Waals surface area contributed by atoms with Gasteiger partial charge in [-0.05, 0) is 12.0 Å². The summed E-state index contributed by atoms with van der Waals surface area (Å²) in [6, 6.07) is 6.79. The third kappa shape index (κ3) is 2.89. The highest BCUT2D eigenvalue weighted by atomic mass is 19.4. The molecule has 0 aliphatic heterocycles. The predicted octanol–water partition coefficient (Wildman–Crippen LogP) is 3.87. The van der Waals surface area contributed by atoms with E-state index in [0.717, 1.165) is 6.07 Å². The van der Waals surface area contributed by atoms with Crippen LogP contribution in [0.15, 0.2) is 30.3 Å². The van der Waals surface area contributed by atoms with E-state index in [4.69, 9.17) is 5.73 Å². The van der Waals surface area contributed by atoms with Crippen LogP contribution in [-0.4, -0.2) is 9.97 Å². The average Bonchev–Trinajstić information content (AvgIpc) is 2.37. The molecule has 1 aromatic carbocycles. The van der Waals surface area contributed by atoms with E-state index in [1.807, 2.05) is 13.8 Å². The molecule has 106 valence electrons. The van der Waals surface area contributed by atoms with Crippen LogP contribution < -0.4 is 5.73 Å². The number of aromatic nitrogens is 2. The standard InChI is InChI=1S/C14H14F3N3/c1-8(2)11-7-12(18)20-13(19-11)9-5-3-4-6-10(9)14(15,16)17/h3-8H,1-2H3,(H2,18,19,20). The largest absolute Gasteiger partial charge is 0.417 e. The third-order valence-corrected chi connectivity index (χ3v) is 2.83. The lowest BCUT2D eigenvalue weighted by atomic mass is 10.1. The monoisotopic (exact) mass is 281 g/mol. The Hall–Kier alpha value is -2.11. The van der Waals surface area contributed by atoms with Gasteiger partial charge >= 0.3 is 6.18 Å². The highest BCUT2D eigenvalue weighted by molar-refractivity contribution is 5.62. The highest BCUT2D eigenvalue weighted by Crippen LogP contribution is 2.36. The van der Waals surface area contributed by atoms with Crippen LogP contribution in [0.5, 0.6) is 0 Å². The molecular formula is C14H14F3N3. The minimum absolute atomic E-state index is 0.00150. The molecule has 0 unspecified atom stereocenters. The van der Waals surface area contributed by atoms with E-state index in [1.54, 1.807) is 6.07 Å². The Morgan fingerprint density at radius 1 is 1.10 bits per heavy atom. The normalized spacial score (nSPS) is 11.9. The van der Waals surface area contributed by atoms with E-state index < -0.39 is 11.7 Å². The molecule has 0 aliphatic rings. The van der Waals surface area contributed by atoms with E-state index >= 15 is 0 Å². The highest BCUT2D eigenvalue weighted by Gasteiger charge is 2.34. The van der Waals surface area contributed by atoms with Crippen molar-refractivity contribution in [3.05, 3.63) is 41.6 Å². The van der Waals surface area contributed by atoms with Gasteiger partial charge in [-0.15, -0.1) is 0 Å². The van der Waals surface area contributed by atoms with Gasteiger partial charge in [-0.3, -0.25) is 0 Å². The number of nitrogen functional groups attached to an aromatic ring is 1. The predicted molar refractivity (Wildman–Crippen MR) is 71.0 cm³/mol. The molecule has 2 rings (SSSR count). The number of alkyl halides is 3. The first-order valence-electron chi connectivity index (χ1n) is 6.10. The molecule has 0 atom stereocenters. The molecule has 20 heavy (non-hydrogen) atoms. The second kappa shape index (κ2) is 5.11. The van der Waals surface area contributed by atoms with Crippen LogP contribution in [0.4, 0.5) is 19.0 Å². The topological polar surface area (TPSA) is 51.8 Å². The smallest absolute Gasteiger partial charge is 0.384 e. The number of rotatable bonds is 2. The fourth-order valence-corrected chi connectivity index (χ4v) is 1.83. The van der Waals surface area contributed by atoms with Crippen LogP contribution in [-0.2, 0) is 6.18 Å². The van der Waals surface area contributed by atoms with Crippen LogP contribution in [0.1, 0.15) is 31.0 Å². The van der Waals surface area contributed by atoms with Gasteiger partial charge in [0.1, 0.15) is 5.82 Å². The summed E-state index contributed by atoms with van der Waals surface area (Å²) in [6.45, 7) is 3.78. The van der Waals surface area contributed by atoms with Crippen molar-refractivity contribution in [2.75, 3.05) is 5.73 Å². The summed E-state index contributed by atoms with van der Waals surface area (Å²) < 4.78 is 39.0. The van der Waals surface area contributed by atoms with Gasteiger partial charge in [-0.1, -0.05) is 32.0 Å². The minimum atomic E-state index is -4.46. The van der Waals surface area contributed by atoms with E-state index in [1.165, 1.54) is 18.2 Å².